The highest BCUT2D eigenvalue weighted by Crippen LogP contribution is 2.35. The van der Waals surface area contributed by atoms with E-state index in [9.17, 15) is 31.2 Å². The average Bonchev–Trinajstić information content (AvgIpc) is 3.60. The van der Waals surface area contributed by atoms with Crippen LogP contribution in [0.2, 0.25) is 0 Å². The van der Waals surface area contributed by atoms with Crippen molar-refractivity contribution in [3.05, 3.63) is 35.8 Å². The van der Waals surface area contributed by atoms with Gasteiger partial charge < -0.3 is 15.3 Å². The van der Waals surface area contributed by atoms with Crippen LogP contribution in [0.3, 0.4) is 0 Å². The predicted octanol–water partition coefficient (Wildman–Crippen LogP) is 3.46. The lowest BCUT2D eigenvalue weighted by Gasteiger charge is -2.35. The molecule has 2 aromatic heterocycles. The summed E-state index contributed by atoms with van der Waals surface area (Å²) in [5.41, 5.74) is 0.562. The number of piperazine rings is 1. The number of likely N-dealkylation sites (tertiary alicyclic amines) is 1. The van der Waals surface area contributed by atoms with E-state index in [-0.39, 0.29) is 64.6 Å². The van der Waals surface area contributed by atoms with Gasteiger partial charge in [-0.3, -0.25) is 15.0 Å². The zero-order valence-electron chi connectivity index (χ0n) is 23.8. The van der Waals surface area contributed by atoms with Crippen LogP contribution in [-0.2, 0) is 10.0 Å². The molecule has 44 heavy (non-hydrogen) atoms. The molecule has 2 atom stereocenters. The molecule has 2 amide bonds. The normalized spacial score (nSPS) is 19.3. The van der Waals surface area contributed by atoms with Gasteiger partial charge in [-0.15, -0.1) is 0 Å². The van der Waals surface area contributed by atoms with Crippen molar-refractivity contribution in [2.24, 2.45) is 0 Å². The molecule has 0 radical (unpaired) electrons. The fourth-order valence-electron chi connectivity index (χ4n) is 5.58. The number of alkyl halides is 3. The summed E-state index contributed by atoms with van der Waals surface area (Å²) in [6, 6.07) is 2.78. The minimum absolute atomic E-state index is 0.00289. The summed E-state index contributed by atoms with van der Waals surface area (Å²) in [7, 11) is -3.86. The van der Waals surface area contributed by atoms with Crippen molar-refractivity contribution in [1.29, 1.82) is 0 Å². The number of carbonyl (C=O) groups excluding carboxylic acids is 1. The third kappa shape index (κ3) is 6.57. The zero-order chi connectivity index (χ0) is 31.8. The molecule has 1 aromatic carbocycles. The molecule has 5 rings (SSSR count). The number of para-hydroxylation sites is 1. The number of rotatable bonds is 8. The molecule has 18 heteroatoms. The summed E-state index contributed by atoms with van der Waals surface area (Å²) < 4.78 is 68.4. The lowest BCUT2D eigenvalue weighted by atomic mass is 10.1. The summed E-state index contributed by atoms with van der Waals surface area (Å²) in [6.07, 6.45) is -4.43. The Morgan fingerprint density at radius 3 is 2.57 bits per heavy atom. The van der Waals surface area contributed by atoms with E-state index in [0.717, 1.165) is 16.2 Å². The first-order chi connectivity index (χ1) is 20.8. The number of benzene rings is 1. The summed E-state index contributed by atoms with van der Waals surface area (Å²) in [5, 5.41) is 14.8. The molecule has 2 aliphatic rings. The smallest absolute Gasteiger partial charge is 0.410 e. The number of fused-ring (bicyclic) bond motifs is 1. The second-order valence-electron chi connectivity index (χ2n) is 10.7. The Kier molecular flexibility index (Phi) is 8.97. The van der Waals surface area contributed by atoms with Crippen molar-refractivity contribution in [2.45, 2.75) is 49.2 Å². The van der Waals surface area contributed by atoms with Crippen LogP contribution in [0.15, 0.2) is 28.7 Å². The van der Waals surface area contributed by atoms with Crippen molar-refractivity contribution in [3.8, 4) is 0 Å². The molecule has 238 valence electrons. The Labute approximate surface area is 255 Å². The summed E-state index contributed by atoms with van der Waals surface area (Å²) >= 11 is 0.771. The number of aryl methyl sites for hydroxylation is 1. The van der Waals surface area contributed by atoms with Crippen LogP contribution in [0.5, 0.6) is 0 Å². The van der Waals surface area contributed by atoms with E-state index >= 15 is 0 Å². The maximum atomic E-state index is 13.5. The van der Waals surface area contributed by atoms with Crippen molar-refractivity contribution in [1.82, 2.24) is 29.1 Å². The topological polar surface area (TPSA) is 161 Å². The third-order valence-corrected chi connectivity index (χ3v) is 11.1. The molecule has 3 aromatic rings. The summed E-state index contributed by atoms with van der Waals surface area (Å²) in [6.45, 7) is 5.34. The number of nitrogens with zero attached hydrogens (tertiary/aromatic N) is 6. The number of aromatic nitrogens is 3. The highest BCUT2D eigenvalue weighted by Gasteiger charge is 2.48. The average molecular weight is 657 g/mol. The molecule has 0 aliphatic carbocycles. The fraction of sp³-hybridized carbons (Fsp3) is 0.500. The van der Waals surface area contributed by atoms with E-state index in [2.05, 4.69) is 30.5 Å². The number of carbonyl (C=O) groups is 2. The van der Waals surface area contributed by atoms with Gasteiger partial charge in [-0.05, 0) is 38.8 Å². The molecule has 2 aliphatic heterocycles. The van der Waals surface area contributed by atoms with E-state index < -0.39 is 34.2 Å². The van der Waals surface area contributed by atoms with Gasteiger partial charge in [0.2, 0.25) is 0 Å². The molecule has 0 unspecified atom stereocenters. The first kappa shape index (κ1) is 31.8. The fourth-order valence-corrected chi connectivity index (χ4v) is 8.54. The Hall–Kier alpha value is -3.61. The Morgan fingerprint density at radius 1 is 1.16 bits per heavy atom. The molecule has 4 heterocycles. The van der Waals surface area contributed by atoms with Crippen molar-refractivity contribution in [2.75, 3.05) is 49.9 Å². The van der Waals surface area contributed by atoms with E-state index in [1.54, 1.807) is 12.1 Å². The van der Waals surface area contributed by atoms with Gasteiger partial charge in [-0.25, -0.2) is 28.2 Å². The van der Waals surface area contributed by atoms with Crippen LogP contribution in [0, 0.1) is 6.92 Å². The van der Waals surface area contributed by atoms with Gasteiger partial charge in [0, 0.05) is 50.7 Å². The summed E-state index contributed by atoms with van der Waals surface area (Å²) in [4.78, 5) is 39.6. The summed E-state index contributed by atoms with van der Waals surface area (Å²) in [5.74, 6) is -0.289. The quantitative estimate of drug-likeness (QED) is 0.328. The molecule has 3 N–H and O–H groups in total. The monoisotopic (exact) mass is 656 g/mol. The number of anilines is 2. The number of hydrogen-bond acceptors (Lipinski definition) is 10. The van der Waals surface area contributed by atoms with Gasteiger partial charge in [0.15, 0.2) is 9.34 Å². The molecular weight excluding hydrogens is 625 g/mol. The Morgan fingerprint density at radius 2 is 1.89 bits per heavy atom. The van der Waals surface area contributed by atoms with Crippen molar-refractivity contribution in [3.63, 3.8) is 0 Å². The van der Waals surface area contributed by atoms with Crippen molar-refractivity contribution < 1.29 is 36.3 Å². The zero-order valence-corrected chi connectivity index (χ0v) is 25.5. The number of amides is 2. The number of sulfonamides is 1. The number of nitrogens with one attached hydrogen (secondary N) is 2. The molecule has 0 saturated carbocycles. The Balaban J connectivity index is 1.23. The van der Waals surface area contributed by atoms with E-state index in [0.29, 0.717) is 30.8 Å². The second-order valence-corrected chi connectivity index (χ2v) is 13.8. The largest absolute Gasteiger partial charge is 0.465 e. The van der Waals surface area contributed by atoms with E-state index in [1.807, 2.05) is 6.92 Å². The minimum Gasteiger partial charge on any atom is -0.465 e. The van der Waals surface area contributed by atoms with Crippen molar-refractivity contribution >= 4 is 55.2 Å². The number of halogens is 3. The lowest BCUT2D eigenvalue weighted by molar-refractivity contribution is -0.169. The van der Waals surface area contributed by atoms with Crippen LogP contribution < -0.4 is 10.6 Å². The van der Waals surface area contributed by atoms with Gasteiger partial charge >= 0.3 is 12.3 Å². The highest BCUT2D eigenvalue weighted by atomic mass is 32.2. The van der Waals surface area contributed by atoms with Gasteiger partial charge in [0.1, 0.15) is 18.2 Å². The Bertz CT molecular complexity index is 1660. The predicted molar refractivity (Wildman–Crippen MR) is 156 cm³/mol. The van der Waals surface area contributed by atoms with Crippen LogP contribution >= 0.6 is 11.3 Å². The van der Waals surface area contributed by atoms with Crippen LogP contribution in [0.25, 0.3) is 10.9 Å². The highest BCUT2D eigenvalue weighted by molar-refractivity contribution is 7.91. The van der Waals surface area contributed by atoms with Crippen LogP contribution in [0.4, 0.5) is 28.9 Å². The second kappa shape index (κ2) is 12.4. The number of hydrogen-bond donors (Lipinski definition) is 3. The first-order valence-corrected chi connectivity index (χ1v) is 16.1. The molecule has 2 saturated heterocycles. The third-order valence-electron chi connectivity index (χ3n) is 7.58. The standard InChI is InChI=1S/C26H31F3N8O5S2/c1-15(13-35-9-11-36(12-10-35)44(41,42)23-16(2)33-24(43-23)34-25(39)40)32-21-17-5-3-6-18(20(17)30-14-31-21)22(38)37-8-4-7-19(37)26(27,28)29/h3,5-6,14-15,19H,4,7-13H2,1-2H3,(H,33,34)(H,39,40)(H,30,31,32)/t15-,19-/m0/s1. The molecule has 13 nitrogen and oxygen atoms in total. The SMILES string of the molecule is Cc1nc(NC(=O)O)sc1S(=O)(=O)N1CCN(C[C@H](C)Nc2ncnc3c(C(=O)N4CCC[C@H]4C(F)(F)F)cccc23)CC1. The lowest BCUT2D eigenvalue weighted by Crippen LogP contribution is -2.50. The number of thiazole rings is 1. The maximum Gasteiger partial charge on any atom is 0.410 e. The van der Waals surface area contributed by atoms with Crippen LogP contribution in [0.1, 0.15) is 35.8 Å². The van der Waals surface area contributed by atoms with E-state index in [1.165, 1.54) is 23.6 Å². The molecule has 0 bridgehead atoms. The van der Waals surface area contributed by atoms with Gasteiger partial charge in [0.25, 0.3) is 15.9 Å². The molecule has 0 spiro atoms. The van der Waals surface area contributed by atoms with Crippen LogP contribution in [-0.4, -0.2) is 112 Å². The van der Waals surface area contributed by atoms with E-state index in [4.69, 9.17) is 5.11 Å². The number of carboxylic acid groups (broad SMARTS) is 1. The van der Waals surface area contributed by atoms with Gasteiger partial charge in [-0.2, -0.15) is 17.5 Å². The molecule has 2 fully saturated rings. The van der Waals surface area contributed by atoms with Gasteiger partial charge in [-0.1, -0.05) is 17.4 Å². The van der Waals surface area contributed by atoms with Gasteiger partial charge in [0.05, 0.1) is 16.8 Å². The maximum absolute atomic E-state index is 13.5. The first-order valence-electron chi connectivity index (χ1n) is 13.8. The minimum atomic E-state index is -4.51. The molecular formula is C26H31F3N8O5S2.